The van der Waals surface area contributed by atoms with Crippen LogP contribution in [0.3, 0.4) is 0 Å². The number of benzene rings is 1. The predicted molar refractivity (Wildman–Crippen MR) is 74.6 cm³/mol. The number of hydrogen-bond acceptors (Lipinski definition) is 3. The van der Waals surface area contributed by atoms with E-state index in [4.69, 9.17) is 0 Å². The maximum absolute atomic E-state index is 9.34. The molecule has 0 fully saturated rings. The van der Waals surface area contributed by atoms with Crippen molar-refractivity contribution in [3.63, 3.8) is 0 Å². The number of hydrogen-bond donors (Lipinski definition) is 3. The molecule has 0 spiro atoms. The van der Waals surface area contributed by atoms with Crippen LogP contribution in [0.1, 0.15) is 44.4 Å². The third-order valence-corrected chi connectivity index (χ3v) is 3.42. The van der Waals surface area contributed by atoms with Crippen molar-refractivity contribution in [3.05, 3.63) is 35.4 Å². The van der Waals surface area contributed by atoms with Gasteiger partial charge in [-0.25, -0.2) is 0 Å². The first-order chi connectivity index (χ1) is 8.58. The molecule has 1 atom stereocenters. The first-order valence-electron chi connectivity index (χ1n) is 6.66. The molecular weight excluding hydrogens is 226 g/mol. The van der Waals surface area contributed by atoms with Crippen molar-refractivity contribution in [1.29, 1.82) is 0 Å². The normalized spacial score (nSPS) is 13.6. The van der Waals surface area contributed by atoms with Crippen LogP contribution in [0.5, 0.6) is 0 Å². The second-order valence-corrected chi connectivity index (χ2v) is 5.08. The van der Waals surface area contributed by atoms with Crippen LogP contribution >= 0.6 is 0 Å². The Hall–Kier alpha value is -0.900. The van der Waals surface area contributed by atoms with Gasteiger partial charge in [0.2, 0.25) is 0 Å². The molecule has 0 radical (unpaired) electrons. The fourth-order valence-electron chi connectivity index (χ4n) is 1.97. The average Bonchev–Trinajstić information content (AvgIpc) is 2.44. The molecule has 1 aromatic rings. The van der Waals surface area contributed by atoms with Crippen LogP contribution in [0, 0.1) is 0 Å². The van der Waals surface area contributed by atoms with E-state index >= 15 is 0 Å². The molecule has 18 heavy (non-hydrogen) atoms. The maximum Gasteiger partial charge on any atom is 0.0633 e. The van der Waals surface area contributed by atoms with Crippen LogP contribution in [0.4, 0.5) is 0 Å². The fraction of sp³-hybridized carbons (Fsp3) is 0.600. The van der Waals surface area contributed by atoms with Gasteiger partial charge in [-0.2, -0.15) is 0 Å². The van der Waals surface area contributed by atoms with Crippen molar-refractivity contribution < 1.29 is 10.2 Å². The van der Waals surface area contributed by atoms with Crippen LogP contribution in [0.2, 0.25) is 0 Å². The van der Waals surface area contributed by atoms with Gasteiger partial charge in [-0.05, 0) is 30.9 Å². The molecule has 0 aliphatic carbocycles. The summed E-state index contributed by atoms with van der Waals surface area (Å²) in [6.45, 7) is 5.91. The van der Waals surface area contributed by atoms with Crippen LogP contribution in [-0.4, -0.2) is 29.0 Å². The Bertz CT molecular complexity index is 344. The van der Waals surface area contributed by atoms with Crippen molar-refractivity contribution in [2.75, 3.05) is 13.2 Å². The molecule has 0 aliphatic heterocycles. The molecule has 0 heterocycles. The number of rotatable bonds is 7. The second kappa shape index (κ2) is 6.88. The SMILES string of the molecule is CCc1ccc(C(CC)NC(C)(CO)CO)cc1. The number of nitrogens with one attached hydrogen (secondary N) is 1. The summed E-state index contributed by atoms with van der Waals surface area (Å²) in [4.78, 5) is 0. The molecule has 1 aromatic carbocycles. The molecule has 0 saturated heterocycles. The Kier molecular flexibility index (Phi) is 5.79. The number of aliphatic hydroxyl groups is 2. The van der Waals surface area contributed by atoms with Crippen LogP contribution < -0.4 is 5.32 Å². The lowest BCUT2D eigenvalue weighted by Gasteiger charge is -2.32. The first-order valence-corrected chi connectivity index (χ1v) is 6.66. The minimum absolute atomic E-state index is 0.0763. The van der Waals surface area contributed by atoms with Crippen LogP contribution in [0.15, 0.2) is 24.3 Å². The molecule has 0 aliphatic rings. The smallest absolute Gasteiger partial charge is 0.0633 e. The summed E-state index contributed by atoms with van der Waals surface area (Å²) < 4.78 is 0. The highest BCUT2D eigenvalue weighted by atomic mass is 16.3. The molecule has 3 heteroatoms. The summed E-state index contributed by atoms with van der Waals surface area (Å²) in [6, 6.07) is 8.66. The van der Waals surface area contributed by atoms with Crippen LogP contribution in [-0.2, 0) is 6.42 Å². The molecule has 0 saturated carbocycles. The Labute approximate surface area is 110 Å². The summed E-state index contributed by atoms with van der Waals surface area (Å²) in [7, 11) is 0. The lowest BCUT2D eigenvalue weighted by molar-refractivity contribution is 0.0932. The highest BCUT2D eigenvalue weighted by Crippen LogP contribution is 2.20. The summed E-state index contributed by atoms with van der Waals surface area (Å²) >= 11 is 0. The summed E-state index contributed by atoms with van der Waals surface area (Å²) in [5, 5.41) is 22.0. The number of aryl methyl sites for hydroxylation is 1. The Morgan fingerprint density at radius 3 is 2.06 bits per heavy atom. The minimum atomic E-state index is -0.635. The monoisotopic (exact) mass is 251 g/mol. The van der Waals surface area contributed by atoms with E-state index in [0.717, 1.165) is 12.8 Å². The lowest BCUT2D eigenvalue weighted by atomic mass is 9.97. The summed E-state index contributed by atoms with van der Waals surface area (Å²) in [6.07, 6.45) is 1.95. The van der Waals surface area contributed by atoms with E-state index in [9.17, 15) is 10.2 Å². The molecule has 0 aromatic heterocycles. The van der Waals surface area contributed by atoms with Crippen molar-refractivity contribution in [3.8, 4) is 0 Å². The van der Waals surface area contributed by atoms with Gasteiger partial charge in [-0.3, -0.25) is 0 Å². The predicted octanol–water partition coefficient (Wildman–Crippen LogP) is 2.03. The molecule has 0 amide bonds. The van der Waals surface area contributed by atoms with Crippen LogP contribution in [0.25, 0.3) is 0 Å². The maximum atomic E-state index is 9.34. The zero-order chi connectivity index (χ0) is 13.6. The molecular formula is C15H25NO2. The lowest BCUT2D eigenvalue weighted by Crippen LogP contribution is -2.50. The Morgan fingerprint density at radius 2 is 1.67 bits per heavy atom. The van der Waals surface area contributed by atoms with Gasteiger partial charge in [0.05, 0.1) is 18.8 Å². The van der Waals surface area contributed by atoms with E-state index in [0.29, 0.717) is 0 Å². The summed E-state index contributed by atoms with van der Waals surface area (Å²) in [5.74, 6) is 0. The standard InChI is InChI=1S/C15H25NO2/c1-4-12-6-8-13(9-7-12)14(5-2)16-15(3,10-17)11-18/h6-9,14,16-18H,4-5,10-11H2,1-3H3. The van der Waals surface area contributed by atoms with Gasteiger partial charge in [-0.15, -0.1) is 0 Å². The van der Waals surface area contributed by atoms with Crippen molar-refractivity contribution >= 4 is 0 Å². The van der Waals surface area contributed by atoms with Crippen molar-refractivity contribution in [2.45, 2.75) is 45.2 Å². The van der Waals surface area contributed by atoms with Gasteiger partial charge in [0.15, 0.2) is 0 Å². The second-order valence-electron chi connectivity index (χ2n) is 5.08. The average molecular weight is 251 g/mol. The largest absolute Gasteiger partial charge is 0.394 e. The van der Waals surface area contributed by atoms with Gasteiger partial charge in [0.25, 0.3) is 0 Å². The summed E-state index contributed by atoms with van der Waals surface area (Å²) in [5.41, 5.74) is 1.88. The van der Waals surface area contributed by atoms with Gasteiger partial charge in [0.1, 0.15) is 0 Å². The fourth-order valence-corrected chi connectivity index (χ4v) is 1.97. The highest BCUT2D eigenvalue weighted by Gasteiger charge is 2.25. The minimum Gasteiger partial charge on any atom is -0.394 e. The van der Waals surface area contributed by atoms with E-state index in [2.05, 4.69) is 43.4 Å². The molecule has 0 bridgehead atoms. The van der Waals surface area contributed by atoms with Gasteiger partial charge >= 0.3 is 0 Å². The van der Waals surface area contributed by atoms with Gasteiger partial charge in [0, 0.05) is 6.04 Å². The Morgan fingerprint density at radius 1 is 1.11 bits per heavy atom. The van der Waals surface area contributed by atoms with E-state index in [1.807, 2.05) is 6.92 Å². The van der Waals surface area contributed by atoms with Gasteiger partial charge in [-0.1, -0.05) is 38.1 Å². The zero-order valence-electron chi connectivity index (χ0n) is 11.6. The third-order valence-electron chi connectivity index (χ3n) is 3.42. The zero-order valence-corrected chi connectivity index (χ0v) is 11.6. The molecule has 1 rings (SSSR count). The van der Waals surface area contributed by atoms with E-state index < -0.39 is 5.54 Å². The van der Waals surface area contributed by atoms with Gasteiger partial charge < -0.3 is 15.5 Å². The quantitative estimate of drug-likeness (QED) is 0.695. The molecule has 3 N–H and O–H groups in total. The topological polar surface area (TPSA) is 52.5 Å². The first kappa shape index (κ1) is 15.2. The molecule has 102 valence electrons. The highest BCUT2D eigenvalue weighted by molar-refractivity contribution is 5.25. The number of aliphatic hydroxyl groups excluding tert-OH is 2. The molecule has 1 unspecified atom stereocenters. The Balaban J connectivity index is 2.82. The van der Waals surface area contributed by atoms with Crippen molar-refractivity contribution in [2.24, 2.45) is 0 Å². The van der Waals surface area contributed by atoms with E-state index in [1.54, 1.807) is 0 Å². The van der Waals surface area contributed by atoms with Crippen molar-refractivity contribution in [1.82, 2.24) is 5.32 Å². The molecule has 3 nitrogen and oxygen atoms in total. The van der Waals surface area contributed by atoms with E-state index in [-0.39, 0.29) is 19.3 Å². The van der Waals surface area contributed by atoms with E-state index in [1.165, 1.54) is 11.1 Å². The third kappa shape index (κ3) is 3.80.